The first-order valence-electron chi connectivity index (χ1n) is 7.99. The summed E-state index contributed by atoms with van der Waals surface area (Å²) in [5, 5.41) is 10.8. The van der Waals surface area contributed by atoms with E-state index in [1.807, 2.05) is 31.8 Å². The van der Waals surface area contributed by atoms with Crippen molar-refractivity contribution < 1.29 is 9.32 Å². The summed E-state index contributed by atoms with van der Waals surface area (Å²) >= 11 is 0. The number of rotatable bonds is 4. The van der Waals surface area contributed by atoms with Crippen LogP contribution < -0.4 is 5.32 Å². The standard InChI is InChI=1S/C16H23N5O2/c1-11-8-15(23-19-11)18-16(22)12(2)21-6-4-13(5-7-21)14-9-17-20(3)10-14/h8-10,12-13H,4-7H2,1-3H3,(H,18,22)/t12-/m0/s1. The first-order chi connectivity index (χ1) is 11.0. The second kappa shape index (κ2) is 6.54. The van der Waals surface area contributed by atoms with Gasteiger partial charge in [-0.15, -0.1) is 0 Å². The number of aromatic nitrogens is 3. The molecule has 2 aromatic rings. The normalized spacial score (nSPS) is 18.0. The molecule has 1 N–H and O–H groups in total. The number of carbonyl (C=O) groups is 1. The van der Waals surface area contributed by atoms with Crippen LogP contribution in [0.1, 0.15) is 36.9 Å². The molecule has 3 heterocycles. The van der Waals surface area contributed by atoms with E-state index in [0.29, 0.717) is 11.8 Å². The minimum Gasteiger partial charge on any atom is -0.338 e. The number of piperidine rings is 1. The predicted octanol–water partition coefficient (Wildman–Crippen LogP) is 1.92. The van der Waals surface area contributed by atoms with Gasteiger partial charge < -0.3 is 4.52 Å². The maximum atomic E-state index is 12.3. The van der Waals surface area contributed by atoms with Gasteiger partial charge in [0.25, 0.3) is 0 Å². The van der Waals surface area contributed by atoms with Crippen molar-refractivity contribution in [1.82, 2.24) is 19.8 Å². The minimum absolute atomic E-state index is 0.0547. The molecule has 124 valence electrons. The van der Waals surface area contributed by atoms with Crippen molar-refractivity contribution in [2.75, 3.05) is 18.4 Å². The summed E-state index contributed by atoms with van der Waals surface area (Å²) in [4.78, 5) is 14.5. The number of nitrogens with one attached hydrogen (secondary N) is 1. The number of hydrogen-bond donors (Lipinski definition) is 1. The van der Waals surface area contributed by atoms with Gasteiger partial charge >= 0.3 is 0 Å². The number of amides is 1. The van der Waals surface area contributed by atoms with Crippen molar-refractivity contribution in [2.45, 2.75) is 38.6 Å². The Morgan fingerprint density at radius 2 is 2.17 bits per heavy atom. The van der Waals surface area contributed by atoms with Crippen LogP contribution in [0.25, 0.3) is 0 Å². The van der Waals surface area contributed by atoms with E-state index in [-0.39, 0.29) is 11.9 Å². The Kier molecular flexibility index (Phi) is 4.47. The van der Waals surface area contributed by atoms with E-state index >= 15 is 0 Å². The quantitative estimate of drug-likeness (QED) is 0.932. The Morgan fingerprint density at radius 1 is 1.43 bits per heavy atom. The lowest BCUT2D eigenvalue weighted by molar-refractivity contribution is -0.121. The third-order valence-corrected chi connectivity index (χ3v) is 4.53. The SMILES string of the molecule is Cc1cc(NC(=O)[C@H](C)N2CCC(c3cnn(C)c3)CC2)on1. The summed E-state index contributed by atoms with van der Waals surface area (Å²) < 4.78 is 6.88. The third kappa shape index (κ3) is 3.61. The highest BCUT2D eigenvalue weighted by Crippen LogP contribution is 2.28. The van der Waals surface area contributed by atoms with E-state index in [1.54, 1.807) is 6.07 Å². The van der Waals surface area contributed by atoms with Gasteiger partial charge in [0, 0.05) is 19.3 Å². The van der Waals surface area contributed by atoms with Crippen LogP contribution in [0.5, 0.6) is 0 Å². The van der Waals surface area contributed by atoms with Gasteiger partial charge in [-0.25, -0.2) is 0 Å². The molecule has 23 heavy (non-hydrogen) atoms. The van der Waals surface area contributed by atoms with Crippen LogP contribution in [0.3, 0.4) is 0 Å². The molecular weight excluding hydrogens is 294 g/mol. The first-order valence-corrected chi connectivity index (χ1v) is 7.99. The van der Waals surface area contributed by atoms with E-state index in [2.05, 4.69) is 26.7 Å². The summed E-state index contributed by atoms with van der Waals surface area (Å²) in [5.74, 6) is 0.887. The fraction of sp³-hybridized carbons (Fsp3) is 0.562. The van der Waals surface area contributed by atoms with Crippen LogP contribution in [0, 0.1) is 6.92 Å². The lowest BCUT2D eigenvalue weighted by atomic mass is 9.91. The molecule has 1 atom stereocenters. The number of aryl methyl sites for hydroxylation is 2. The lowest BCUT2D eigenvalue weighted by Crippen LogP contribution is -2.45. The molecule has 1 saturated heterocycles. The average Bonchev–Trinajstić information content (AvgIpc) is 3.15. The van der Waals surface area contributed by atoms with Crippen LogP contribution in [-0.4, -0.2) is 44.9 Å². The zero-order chi connectivity index (χ0) is 16.4. The van der Waals surface area contributed by atoms with Gasteiger partial charge in [-0.05, 0) is 51.3 Å². The maximum absolute atomic E-state index is 12.3. The molecule has 0 aliphatic carbocycles. The molecule has 3 rings (SSSR count). The molecule has 0 unspecified atom stereocenters. The predicted molar refractivity (Wildman–Crippen MR) is 86.1 cm³/mol. The van der Waals surface area contributed by atoms with Gasteiger partial charge in [-0.1, -0.05) is 5.16 Å². The van der Waals surface area contributed by atoms with E-state index in [1.165, 1.54) is 5.56 Å². The van der Waals surface area contributed by atoms with Crippen LogP contribution in [-0.2, 0) is 11.8 Å². The van der Waals surface area contributed by atoms with Crippen molar-refractivity contribution >= 4 is 11.8 Å². The van der Waals surface area contributed by atoms with Gasteiger partial charge in [0.05, 0.1) is 17.9 Å². The highest BCUT2D eigenvalue weighted by molar-refractivity contribution is 5.93. The van der Waals surface area contributed by atoms with Crippen molar-refractivity contribution in [3.8, 4) is 0 Å². The monoisotopic (exact) mass is 317 g/mol. The van der Waals surface area contributed by atoms with Crippen molar-refractivity contribution in [3.63, 3.8) is 0 Å². The Morgan fingerprint density at radius 3 is 2.74 bits per heavy atom. The molecule has 1 aliphatic heterocycles. The molecule has 1 amide bonds. The van der Waals surface area contributed by atoms with E-state index in [4.69, 9.17) is 4.52 Å². The summed E-state index contributed by atoms with van der Waals surface area (Å²) in [6, 6.07) is 1.54. The van der Waals surface area contributed by atoms with Gasteiger partial charge in [0.15, 0.2) is 0 Å². The number of hydrogen-bond acceptors (Lipinski definition) is 5. The minimum atomic E-state index is -0.185. The third-order valence-electron chi connectivity index (χ3n) is 4.53. The van der Waals surface area contributed by atoms with Crippen molar-refractivity contribution in [3.05, 3.63) is 29.7 Å². The topological polar surface area (TPSA) is 76.2 Å². The molecule has 0 saturated carbocycles. The lowest BCUT2D eigenvalue weighted by Gasteiger charge is -2.34. The summed E-state index contributed by atoms with van der Waals surface area (Å²) in [5.41, 5.74) is 2.05. The highest BCUT2D eigenvalue weighted by atomic mass is 16.5. The number of anilines is 1. The van der Waals surface area contributed by atoms with Gasteiger partial charge in [0.2, 0.25) is 11.8 Å². The Hall–Kier alpha value is -2.15. The molecule has 0 aromatic carbocycles. The number of carbonyl (C=O) groups excluding carboxylic acids is 1. The van der Waals surface area contributed by atoms with Gasteiger partial charge in [-0.3, -0.25) is 19.7 Å². The summed E-state index contributed by atoms with van der Waals surface area (Å²) in [6.45, 7) is 5.57. The second-order valence-corrected chi connectivity index (χ2v) is 6.26. The second-order valence-electron chi connectivity index (χ2n) is 6.26. The molecule has 1 aliphatic rings. The van der Waals surface area contributed by atoms with Gasteiger partial charge in [-0.2, -0.15) is 5.10 Å². The van der Waals surface area contributed by atoms with E-state index in [0.717, 1.165) is 31.6 Å². The molecule has 0 radical (unpaired) electrons. The number of nitrogens with zero attached hydrogens (tertiary/aromatic N) is 4. The van der Waals surface area contributed by atoms with Gasteiger partial charge in [0.1, 0.15) is 0 Å². The summed E-state index contributed by atoms with van der Waals surface area (Å²) in [6.07, 6.45) is 6.13. The molecule has 7 heteroatoms. The largest absolute Gasteiger partial charge is 0.338 e. The molecule has 7 nitrogen and oxygen atoms in total. The van der Waals surface area contributed by atoms with Crippen LogP contribution >= 0.6 is 0 Å². The van der Waals surface area contributed by atoms with Crippen LogP contribution in [0.2, 0.25) is 0 Å². The molecule has 0 spiro atoms. The van der Waals surface area contributed by atoms with Crippen molar-refractivity contribution in [2.24, 2.45) is 7.05 Å². The molecular formula is C16H23N5O2. The van der Waals surface area contributed by atoms with E-state index < -0.39 is 0 Å². The summed E-state index contributed by atoms with van der Waals surface area (Å²) in [7, 11) is 1.94. The van der Waals surface area contributed by atoms with E-state index in [9.17, 15) is 4.79 Å². The zero-order valence-corrected chi connectivity index (χ0v) is 13.8. The van der Waals surface area contributed by atoms with Crippen LogP contribution in [0.15, 0.2) is 23.0 Å². The molecule has 0 bridgehead atoms. The van der Waals surface area contributed by atoms with Crippen LogP contribution in [0.4, 0.5) is 5.88 Å². The molecule has 2 aromatic heterocycles. The zero-order valence-electron chi connectivity index (χ0n) is 13.8. The highest BCUT2D eigenvalue weighted by Gasteiger charge is 2.28. The average molecular weight is 317 g/mol. The Labute approximate surface area is 135 Å². The van der Waals surface area contributed by atoms with Crippen molar-refractivity contribution in [1.29, 1.82) is 0 Å². The Bertz CT molecular complexity index is 670. The fourth-order valence-corrected chi connectivity index (χ4v) is 3.09. The molecule has 1 fully saturated rings. The fourth-order valence-electron chi connectivity index (χ4n) is 3.09. The Balaban J connectivity index is 1.53. The smallest absolute Gasteiger partial charge is 0.243 e. The first kappa shape index (κ1) is 15.7. The maximum Gasteiger partial charge on any atom is 0.243 e. The number of likely N-dealkylation sites (tertiary alicyclic amines) is 1.